The fourth-order valence-electron chi connectivity index (χ4n) is 4.36. The molecule has 0 unspecified atom stereocenters. The van der Waals surface area contributed by atoms with Crippen molar-refractivity contribution in [3.05, 3.63) is 35.9 Å². The average Bonchev–Trinajstić information content (AvgIpc) is 3.43. The molecule has 10 nitrogen and oxygen atoms in total. The molecule has 0 aliphatic carbocycles. The van der Waals surface area contributed by atoms with E-state index in [2.05, 4.69) is 25.3 Å². The maximum atomic E-state index is 14.4. The molecule has 3 aromatic rings. The SMILES string of the molecule is O=C([C@@H]1CC(F)(F)CN1c1ccc2nnc(C(F)(F)F)n2n1)N1CCN(c2ncc(C(F)(F)F)cn2)CC1. The number of hydrogen-bond donors (Lipinski definition) is 0. The van der Waals surface area contributed by atoms with E-state index in [1.165, 1.54) is 11.0 Å². The summed E-state index contributed by atoms with van der Waals surface area (Å²) in [6.07, 6.45) is -9.08. The molecule has 5 heterocycles. The lowest BCUT2D eigenvalue weighted by Crippen LogP contribution is -2.54. The van der Waals surface area contributed by atoms with Gasteiger partial charge in [0, 0.05) is 45.0 Å². The Bertz CT molecular complexity index is 1330. The second-order valence-corrected chi connectivity index (χ2v) is 8.77. The number of carbonyl (C=O) groups is 1. The summed E-state index contributed by atoms with van der Waals surface area (Å²) in [4.78, 5) is 24.5. The number of halogens is 8. The van der Waals surface area contributed by atoms with Crippen molar-refractivity contribution in [1.29, 1.82) is 0 Å². The second-order valence-electron chi connectivity index (χ2n) is 8.77. The van der Waals surface area contributed by atoms with Gasteiger partial charge in [-0.2, -0.15) is 30.9 Å². The summed E-state index contributed by atoms with van der Waals surface area (Å²) in [5.74, 6) is -5.70. The molecule has 18 heteroatoms. The van der Waals surface area contributed by atoms with Crippen LogP contribution in [0.5, 0.6) is 0 Å². The summed E-state index contributed by atoms with van der Waals surface area (Å²) in [6.45, 7) is -0.616. The molecule has 204 valence electrons. The summed E-state index contributed by atoms with van der Waals surface area (Å²) >= 11 is 0. The molecule has 0 spiro atoms. The average molecular weight is 551 g/mol. The van der Waals surface area contributed by atoms with E-state index in [4.69, 9.17) is 0 Å². The van der Waals surface area contributed by atoms with Gasteiger partial charge in [-0.15, -0.1) is 15.3 Å². The number of amides is 1. The predicted octanol–water partition coefficient (Wildman–Crippen LogP) is 2.51. The van der Waals surface area contributed by atoms with Crippen LogP contribution < -0.4 is 9.80 Å². The summed E-state index contributed by atoms with van der Waals surface area (Å²) in [6, 6.07) is 0.909. The van der Waals surface area contributed by atoms with Crippen molar-refractivity contribution in [2.75, 3.05) is 42.5 Å². The summed E-state index contributed by atoms with van der Waals surface area (Å²) < 4.78 is 107. The fraction of sp³-hybridized carbons (Fsp3) is 0.500. The number of fused-ring (bicyclic) bond motifs is 1. The largest absolute Gasteiger partial charge is 0.453 e. The molecule has 2 aliphatic rings. The van der Waals surface area contributed by atoms with Crippen LogP contribution in [0.3, 0.4) is 0 Å². The maximum Gasteiger partial charge on any atom is 0.453 e. The highest BCUT2D eigenvalue weighted by Crippen LogP contribution is 2.36. The third kappa shape index (κ3) is 4.85. The summed E-state index contributed by atoms with van der Waals surface area (Å²) in [7, 11) is 0. The van der Waals surface area contributed by atoms with Crippen molar-refractivity contribution in [3.63, 3.8) is 0 Å². The summed E-state index contributed by atoms with van der Waals surface area (Å²) in [5, 5.41) is 10.2. The lowest BCUT2D eigenvalue weighted by molar-refractivity contribution is -0.146. The Kier molecular flexibility index (Phi) is 6.01. The molecule has 3 aromatic heterocycles. The molecule has 1 amide bonds. The first kappa shape index (κ1) is 25.8. The van der Waals surface area contributed by atoms with Crippen LogP contribution in [0.25, 0.3) is 5.65 Å². The van der Waals surface area contributed by atoms with Gasteiger partial charge in [-0.3, -0.25) is 4.79 Å². The summed E-state index contributed by atoms with van der Waals surface area (Å²) in [5.41, 5.74) is -1.27. The number of rotatable bonds is 3. The Morgan fingerprint density at radius 2 is 1.58 bits per heavy atom. The zero-order valence-corrected chi connectivity index (χ0v) is 19.1. The smallest absolute Gasteiger partial charge is 0.337 e. The van der Waals surface area contributed by atoms with E-state index in [0.717, 1.165) is 11.0 Å². The van der Waals surface area contributed by atoms with Crippen LogP contribution in [0.4, 0.5) is 46.9 Å². The van der Waals surface area contributed by atoms with Gasteiger partial charge in [0.05, 0.1) is 12.1 Å². The first-order chi connectivity index (χ1) is 17.7. The van der Waals surface area contributed by atoms with Crippen LogP contribution in [0.2, 0.25) is 0 Å². The third-order valence-corrected chi connectivity index (χ3v) is 6.19. The van der Waals surface area contributed by atoms with E-state index in [9.17, 15) is 39.9 Å². The topological polar surface area (TPSA) is 95.6 Å². The molecule has 2 saturated heterocycles. The second kappa shape index (κ2) is 8.87. The minimum Gasteiger partial charge on any atom is -0.337 e. The monoisotopic (exact) mass is 551 g/mol. The molecule has 0 N–H and O–H groups in total. The predicted molar refractivity (Wildman–Crippen MR) is 112 cm³/mol. The molecule has 0 bridgehead atoms. The van der Waals surface area contributed by atoms with E-state index in [-0.39, 0.29) is 43.6 Å². The lowest BCUT2D eigenvalue weighted by atomic mass is 10.1. The molecular formula is C20H17F8N9O. The number of piperazine rings is 1. The van der Waals surface area contributed by atoms with Gasteiger partial charge >= 0.3 is 12.4 Å². The van der Waals surface area contributed by atoms with Gasteiger partial charge in [0.1, 0.15) is 6.04 Å². The maximum absolute atomic E-state index is 14.4. The van der Waals surface area contributed by atoms with E-state index in [1.54, 1.807) is 4.90 Å². The first-order valence-electron chi connectivity index (χ1n) is 11.1. The highest BCUT2D eigenvalue weighted by molar-refractivity contribution is 5.86. The molecule has 2 fully saturated rings. The van der Waals surface area contributed by atoms with Crippen molar-refractivity contribution in [1.82, 2.24) is 34.7 Å². The van der Waals surface area contributed by atoms with Crippen molar-refractivity contribution in [2.24, 2.45) is 0 Å². The van der Waals surface area contributed by atoms with Gasteiger partial charge < -0.3 is 14.7 Å². The highest BCUT2D eigenvalue weighted by atomic mass is 19.4. The number of nitrogens with zero attached hydrogens (tertiary/aromatic N) is 9. The van der Waals surface area contributed by atoms with Gasteiger partial charge in [-0.25, -0.2) is 18.7 Å². The molecular weight excluding hydrogens is 534 g/mol. The first-order valence-corrected chi connectivity index (χ1v) is 11.1. The number of alkyl halides is 8. The Morgan fingerprint density at radius 3 is 2.18 bits per heavy atom. The van der Waals surface area contributed by atoms with Crippen LogP contribution in [-0.4, -0.2) is 85.3 Å². The number of anilines is 2. The van der Waals surface area contributed by atoms with Gasteiger partial charge in [0.2, 0.25) is 11.9 Å². The quantitative estimate of drug-likeness (QED) is 0.459. The van der Waals surface area contributed by atoms with Crippen LogP contribution in [0, 0.1) is 0 Å². The number of carbonyl (C=O) groups excluding carboxylic acids is 1. The van der Waals surface area contributed by atoms with Crippen molar-refractivity contribution < 1.29 is 39.9 Å². The fourth-order valence-corrected chi connectivity index (χ4v) is 4.36. The lowest BCUT2D eigenvalue weighted by Gasteiger charge is -2.37. The molecule has 0 radical (unpaired) electrons. The zero-order chi connectivity index (χ0) is 27.5. The molecule has 1 atom stereocenters. The van der Waals surface area contributed by atoms with E-state index >= 15 is 0 Å². The van der Waals surface area contributed by atoms with Crippen molar-refractivity contribution in [3.8, 4) is 0 Å². The van der Waals surface area contributed by atoms with E-state index in [1.807, 2.05) is 0 Å². The Labute approximate surface area is 207 Å². The van der Waals surface area contributed by atoms with Crippen LogP contribution in [-0.2, 0) is 17.1 Å². The van der Waals surface area contributed by atoms with Crippen molar-refractivity contribution >= 4 is 23.3 Å². The van der Waals surface area contributed by atoms with E-state index in [0.29, 0.717) is 16.9 Å². The molecule has 0 saturated carbocycles. The van der Waals surface area contributed by atoms with Gasteiger partial charge in [0.25, 0.3) is 11.7 Å². The highest BCUT2D eigenvalue weighted by Gasteiger charge is 2.50. The minimum absolute atomic E-state index is 0.0195. The van der Waals surface area contributed by atoms with Crippen LogP contribution in [0.15, 0.2) is 24.5 Å². The van der Waals surface area contributed by atoms with Crippen LogP contribution in [0.1, 0.15) is 17.8 Å². The third-order valence-electron chi connectivity index (χ3n) is 6.19. The van der Waals surface area contributed by atoms with Crippen molar-refractivity contribution in [2.45, 2.75) is 30.7 Å². The van der Waals surface area contributed by atoms with E-state index < -0.39 is 54.6 Å². The van der Waals surface area contributed by atoms with Gasteiger partial charge in [-0.1, -0.05) is 0 Å². The Balaban J connectivity index is 1.32. The molecule has 38 heavy (non-hydrogen) atoms. The Morgan fingerprint density at radius 1 is 0.921 bits per heavy atom. The number of aromatic nitrogens is 6. The zero-order valence-electron chi connectivity index (χ0n) is 19.1. The normalized spacial score (nSPS) is 20.4. The molecule has 2 aliphatic heterocycles. The molecule has 0 aromatic carbocycles. The van der Waals surface area contributed by atoms with Gasteiger partial charge in [0.15, 0.2) is 11.5 Å². The molecule has 5 rings (SSSR count). The number of hydrogen-bond acceptors (Lipinski definition) is 8. The standard InChI is InChI=1S/C20H17F8N9O/c21-18(22)7-12(36(10-18)14-2-1-13-31-32-16(20(26,27)28)37(13)33-14)15(38)34-3-5-35(6-4-34)17-29-8-11(9-30-17)19(23,24)25/h1-2,8-9,12H,3-7,10H2/t12-/m0/s1. The van der Waals surface area contributed by atoms with Gasteiger partial charge in [-0.05, 0) is 12.1 Å². The van der Waals surface area contributed by atoms with Crippen LogP contribution >= 0.6 is 0 Å². The Hall–Kier alpha value is -3.86. The minimum atomic E-state index is -4.90.